The molecule has 1 amide bonds. The number of rotatable bonds is 7. The number of nitrogens with zero attached hydrogens (tertiary/aromatic N) is 2. The minimum absolute atomic E-state index is 0.159. The first-order valence-corrected chi connectivity index (χ1v) is 11.3. The molecule has 0 saturated heterocycles. The Morgan fingerprint density at radius 1 is 0.857 bits per heavy atom. The standard InChI is InChI=1S/C29H23N3O3/c33-28(27(20-9-2-1-3-10-20)32-19-31-25-15-6-7-16-26(25)32)30-18-23-11-4-5-14-24(23)21-12-8-13-22(17-21)29(34)35/h1-17,19,27H,18H2,(H,30,33)(H,34,35). The molecule has 4 aromatic carbocycles. The third kappa shape index (κ3) is 4.54. The van der Waals surface area contributed by atoms with Gasteiger partial charge >= 0.3 is 5.97 Å². The van der Waals surface area contributed by atoms with Gasteiger partial charge < -0.3 is 15.0 Å². The molecule has 5 rings (SSSR count). The Balaban J connectivity index is 1.46. The highest BCUT2D eigenvalue weighted by Gasteiger charge is 2.24. The number of carboxylic acid groups (broad SMARTS) is 1. The summed E-state index contributed by atoms with van der Waals surface area (Å²) in [5, 5.41) is 12.5. The van der Waals surface area contributed by atoms with Crippen LogP contribution in [-0.2, 0) is 11.3 Å². The molecule has 1 unspecified atom stereocenters. The Hall–Kier alpha value is -4.71. The van der Waals surface area contributed by atoms with E-state index in [9.17, 15) is 14.7 Å². The molecule has 0 bridgehead atoms. The Morgan fingerprint density at radius 3 is 2.43 bits per heavy atom. The molecule has 0 radical (unpaired) electrons. The van der Waals surface area contributed by atoms with Gasteiger partial charge in [-0.3, -0.25) is 4.79 Å². The van der Waals surface area contributed by atoms with Crippen molar-refractivity contribution in [2.45, 2.75) is 12.6 Å². The Kier molecular flexibility index (Phi) is 6.09. The molecule has 0 saturated carbocycles. The van der Waals surface area contributed by atoms with Gasteiger partial charge in [0.25, 0.3) is 0 Å². The van der Waals surface area contributed by atoms with Crippen LogP contribution in [0.5, 0.6) is 0 Å². The number of carboxylic acids is 1. The van der Waals surface area contributed by atoms with E-state index in [4.69, 9.17) is 0 Å². The van der Waals surface area contributed by atoms with Crippen LogP contribution in [0.2, 0.25) is 0 Å². The second-order valence-electron chi connectivity index (χ2n) is 8.21. The van der Waals surface area contributed by atoms with Crippen molar-refractivity contribution in [2.24, 2.45) is 0 Å². The van der Waals surface area contributed by atoms with Gasteiger partial charge in [-0.2, -0.15) is 0 Å². The van der Waals surface area contributed by atoms with Crippen LogP contribution in [0.3, 0.4) is 0 Å². The van der Waals surface area contributed by atoms with Gasteiger partial charge in [0.2, 0.25) is 5.91 Å². The second kappa shape index (κ2) is 9.65. The number of aromatic carboxylic acids is 1. The van der Waals surface area contributed by atoms with Crippen molar-refractivity contribution in [1.29, 1.82) is 0 Å². The van der Waals surface area contributed by atoms with E-state index in [0.717, 1.165) is 33.3 Å². The molecule has 1 aromatic heterocycles. The average molecular weight is 462 g/mol. The lowest BCUT2D eigenvalue weighted by molar-refractivity contribution is -0.123. The molecule has 0 aliphatic rings. The zero-order chi connectivity index (χ0) is 24.2. The van der Waals surface area contributed by atoms with Gasteiger partial charge in [0.15, 0.2) is 0 Å². The molecular weight excluding hydrogens is 438 g/mol. The molecule has 1 heterocycles. The highest BCUT2D eigenvalue weighted by Crippen LogP contribution is 2.27. The van der Waals surface area contributed by atoms with Gasteiger partial charge in [-0.1, -0.05) is 78.9 Å². The first-order valence-electron chi connectivity index (χ1n) is 11.3. The zero-order valence-corrected chi connectivity index (χ0v) is 18.8. The summed E-state index contributed by atoms with van der Waals surface area (Å²) >= 11 is 0. The third-order valence-corrected chi connectivity index (χ3v) is 6.01. The van der Waals surface area contributed by atoms with Crippen molar-refractivity contribution >= 4 is 22.9 Å². The fourth-order valence-corrected chi connectivity index (χ4v) is 4.31. The third-order valence-electron chi connectivity index (χ3n) is 6.01. The van der Waals surface area contributed by atoms with Crippen LogP contribution >= 0.6 is 0 Å². The maximum atomic E-state index is 13.6. The molecule has 0 aliphatic heterocycles. The first kappa shape index (κ1) is 22.1. The summed E-state index contributed by atoms with van der Waals surface area (Å²) in [5.41, 5.74) is 5.33. The fourth-order valence-electron chi connectivity index (χ4n) is 4.31. The van der Waals surface area contributed by atoms with E-state index in [1.807, 2.05) is 89.5 Å². The van der Waals surface area contributed by atoms with Gasteiger partial charge in [0.05, 0.1) is 22.9 Å². The number of aromatic nitrogens is 2. The van der Waals surface area contributed by atoms with Crippen molar-refractivity contribution in [3.63, 3.8) is 0 Å². The predicted molar refractivity (Wildman–Crippen MR) is 135 cm³/mol. The zero-order valence-electron chi connectivity index (χ0n) is 18.8. The van der Waals surface area contributed by atoms with E-state index in [0.29, 0.717) is 6.54 Å². The SMILES string of the molecule is O=C(O)c1cccc(-c2ccccc2CNC(=O)C(c2ccccc2)n2cnc3ccccc32)c1. The number of fused-ring (bicyclic) bond motifs is 1. The number of carbonyl (C=O) groups is 2. The summed E-state index contributed by atoms with van der Waals surface area (Å²) in [4.78, 5) is 29.5. The van der Waals surface area contributed by atoms with Crippen LogP contribution in [0.15, 0.2) is 109 Å². The lowest BCUT2D eigenvalue weighted by Gasteiger charge is -2.20. The number of hydrogen-bond donors (Lipinski definition) is 2. The summed E-state index contributed by atoms with van der Waals surface area (Å²) in [6, 6.07) is 31.3. The molecule has 6 heteroatoms. The summed E-state index contributed by atoms with van der Waals surface area (Å²) < 4.78 is 1.89. The molecule has 172 valence electrons. The summed E-state index contributed by atoms with van der Waals surface area (Å²) in [6.45, 7) is 0.294. The van der Waals surface area contributed by atoms with Crippen LogP contribution < -0.4 is 5.32 Å². The van der Waals surface area contributed by atoms with E-state index in [2.05, 4.69) is 10.3 Å². The summed E-state index contributed by atoms with van der Waals surface area (Å²) in [7, 11) is 0. The normalized spacial score (nSPS) is 11.8. The minimum atomic E-state index is -0.976. The van der Waals surface area contributed by atoms with Gasteiger partial charge in [-0.25, -0.2) is 9.78 Å². The maximum absolute atomic E-state index is 13.6. The van der Waals surface area contributed by atoms with Crippen LogP contribution in [0, 0.1) is 0 Å². The topological polar surface area (TPSA) is 84.2 Å². The first-order chi connectivity index (χ1) is 17.1. The summed E-state index contributed by atoms with van der Waals surface area (Å²) in [6.07, 6.45) is 1.70. The van der Waals surface area contributed by atoms with E-state index in [-0.39, 0.29) is 11.5 Å². The Labute approximate surface area is 202 Å². The van der Waals surface area contributed by atoms with Gasteiger partial charge in [-0.15, -0.1) is 0 Å². The monoisotopic (exact) mass is 461 g/mol. The fraction of sp³-hybridized carbons (Fsp3) is 0.0690. The molecule has 1 atom stereocenters. The van der Waals surface area contributed by atoms with Crippen LogP contribution in [0.25, 0.3) is 22.2 Å². The molecule has 0 spiro atoms. The number of para-hydroxylation sites is 2. The Morgan fingerprint density at radius 2 is 1.60 bits per heavy atom. The quantitative estimate of drug-likeness (QED) is 0.344. The van der Waals surface area contributed by atoms with E-state index in [1.165, 1.54) is 0 Å². The van der Waals surface area contributed by atoms with Crippen molar-refractivity contribution in [3.8, 4) is 11.1 Å². The molecular formula is C29H23N3O3. The van der Waals surface area contributed by atoms with Crippen LogP contribution in [0.1, 0.15) is 27.5 Å². The molecule has 2 N–H and O–H groups in total. The second-order valence-corrected chi connectivity index (χ2v) is 8.21. The maximum Gasteiger partial charge on any atom is 0.335 e. The number of carbonyl (C=O) groups excluding carboxylic acids is 1. The highest BCUT2D eigenvalue weighted by atomic mass is 16.4. The lowest BCUT2D eigenvalue weighted by atomic mass is 9.98. The van der Waals surface area contributed by atoms with E-state index >= 15 is 0 Å². The lowest BCUT2D eigenvalue weighted by Crippen LogP contribution is -2.32. The largest absolute Gasteiger partial charge is 0.478 e. The van der Waals surface area contributed by atoms with E-state index < -0.39 is 12.0 Å². The number of hydrogen-bond acceptors (Lipinski definition) is 3. The van der Waals surface area contributed by atoms with Gasteiger partial charge in [-0.05, 0) is 46.5 Å². The van der Waals surface area contributed by atoms with Gasteiger partial charge in [0, 0.05) is 6.54 Å². The predicted octanol–water partition coefficient (Wildman–Crippen LogP) is 5.31. The van der Waals surface area contributed by atoms with Crippen LogP contribution in [0.4, 0.5) is 0 Å². The molecule has 6 nitrogen and oxygen atoms in total. The molecule has 35 heavy (non-hydrogen) atoms. The highest BCUT2D eigenvalue weighted by molar-refractivity contribution is 5.90. The van der Waals surface area contributed by atoms with Crippen molar-refractivity contribution in [3.05, 3.63) is 126 Å². The minimum Gasteiger partial charge on any atom is -0.478 e. The van der Waals surface area contributed by atoms with Gasteiger partial charge in [0.1, 0.15) is 6.04 Å². The summed E-state index contributed by atoms with van der Waals surface area (Å²) in [5.74, 6) is -1.13. The number of amides is 1. The molecule has 5 aromatic rings. The van der Waals surface area contributed by atoms with E-state index in [1.54, 1.807) is 24.5 Å². The molecule has 0 fully saturated rings. The Bertz CT molecular complexity index is 1510. The van der Waals surface area contributed by atoms with Crippen molar-refractivity contribution in [1.82, 2.24) is 14.9 Å². The van der Waals surface area contributed by atoms with Crippen molar-refractivity contribution < 1.29 is 14.7 Å². The average Bonchev–Trinajstić information content (AvgIpc) is 3.32. The van der Waals surface area contributed by atoms with Crippen molar-refractivity contribution in [2.75, 3.05) is 0 Å². The molecule has 0 aliphatic carbocycles. The van der Waals surface area contributed by atoms with Crippen LogP contribution in [-0.4, -0.2) is 26.5 Å². The number of nitrogens with one attached hydrogen (secondary N) is 1. The number of benzene rings is 4. The smallest absolute Gasteiger partial charge is 0.335 e. The number of imidazole rings is 1.